The van der Waals surface area contributed by atoms with Gasteiger partial charge in [-0.1, -0.05) is 0 Å². The van der Waals surface area contributed by atoms with Gasteiger partial charge in [0.15, 0.2) is 0 Å². The van der Waals surface area contributed by atoms with Gasteiger partial charge in [-0.2, -0.15) is 13.2 Å². The predicted octanol–water partition coefficient (Wildman–Crippen LogP) is 3.92. The number of sulfone groups is 1. The van der Waals surface area contributed by atoms with E-state index in [1.54, 1.807) is 6.92 Å². The monoisotopic (exact) mass is 378 g/mol. The predicted molar refractivity (Wildman–Crippen MR) is 77.9 cm³/mol. The van der Waals surface area contributed by atoms with Gasteiger partial charge in [-0.15, -0.1) is 0 Å². The minimum absolute atomic E-state index is 0.0913. The number of carboxylic acids is 1. The number of halogens is 4. The zero-order chi connectivity index (χ0) is 19.0. The summed E-state index contributed by atoms with van der Waals surface area (Å²) in [7, 11) is -5.71. The molecule has 0 unspecified atom stereocenters. The molecule has 0 saturated heterocycles. The summed E-state index contributed by atoms with van der Waals surface area (Å²) in [5, 5.41) is 9.12. The maximum Gasteiger partial charge on any atom is 0.501 e. The van der Waals surface area contributed by atoms with Gasteiger partial charge in [0.05, 0.1) is 4.90 Å². The Kier molecular flexibility index (Phi) is 4.76. The van der Waals surface area contributed by atoms with Crippen LogP contribution in [0.15, 0.2) is 41.3 Å². The van der Waals surface area contributed by atoms with Gasteiger partial charge in [-0.3, -0.25) is 0 Å². The lowest BCUT2D eigenvalue weighted by Gasteiger charge is -2.12. The van der Waals surface area contributed by atoms with Crippen LogP contribution in [-0.2, 0) is 9.84 Å². The highest BCUT2D eigenvalue weighted by molar-refractivity contribution is 7.92. The normalized spacial score (nSPS) is 12.0. The summed E-state index contributed by atoms with van der Waals surface area (Å²) in [6.07, 6.45) is 0. The number of alkyl halides is 3. The summed E-state index contributed by atoms with van der Waals surface area (Å²) in [5.74, 6) is -2.89. The number of ether oxygens (including phenoxy) is 1. The van der Waals surface area contributed by atoms with E-state index < -0.39 is 43.3 Å². The number of aromatic carboxylic acids is 1. The number of benzene rings is 2. The van der Waals surface area contributed by atoms with Gasteiger partial charge in [-0.05, 0) is 42.8 Å². The van der Waals surface area contributed by atoms with Crippen LogP contribution in [0.2, 0.25) is 0 Å². The van der Waals surface area contributed by atoms with Crippen molar-refractivity contribution in [2.24, 2.45) is 0 Å². The average molecular weight is 378 g/mol. The van der Waals surface area contributed by atoms with Gasteiger partial charge in [0.1, 0.15) is 22.9 Å². The third-order valence-electron chi connectivity index (χ3n) is 3.04. The molecule has 2 aromatic rings. The summed E-state index contributed by atoms with van der Waals surface area (Å²) < 4.78 is 79.0. The van der Waals surface area contributed by atoms with E-state index in [0.29, 0.717) is 17.7 Å². The molecule has 0 spiro atoms. The Morgan fingerprint density at radius 1 is 1.12 bits per heavy atom. The number of carboxylic acid groups (broad SMARTS) is 1. The average Bonchev–Trinajstić information content (AvgIpc) is 2.44. The zero-order valence-electron chi connectivity index (χ0n) is 12.5. The lowest BCUT2D eigenvalue weighted by Crippen LogP contribution is -2.23. The second-order valence-corrected chi connectivity index (χ2v) is 6.92. The van der Waals surface area contributed by atoms with Gasteiger partial charge in [-0.25, -0.2) is 17.6 Å². The van der Waals surface area contributed by atoms with Crippen LogP contribution in [0, 0.1) is 12.7 Å². The van der Waals surface area contributed by atoms with Crippen molar-refractivity contribution in [2.75, 3.05) is 0 Å². The van der Waals surface area contributed by atoms with Crippen LogP contribution >= 0.6 is 0 Å². The molecule has 0 atom stereocenters. The fourth-order valence-corrected chi connectivity index (χ4v) is 2.74. The van der Waals surface area contributed by atoms with E-state index >= 15 is 0 Å². The van der Waals surface area contributed by atoms with Crippen molar-refractivity contribution in [1.29, 1.82) is 0 Å². The molecular formula is C15H10F4O5S. The highest BCUT2D eigenvalue weighted by Crippen LogP contribution is 2.34. The van der Waals surface area contributed by atoms with Crippen molar-refractivity contribution in [3.63, 3.8) is 0 Å². The number of carbonyl (C=O) groups is 1. The molecule has 1 N–H and O–H groups in total. The van der Waals surface area contributed by atoms with Gasteiger partial charge in [0, 0.05) is 6.07 Å². The van der Waals surface area contributed by atoms with Crippen LogP contribution in [0.3, 0.4) is 0 Å². The Balaban J connectivity index is 2.52. The first-order chi connectivity index (χ1) is 11.4. The van der Waals surface area contributed by atoms with E-state index in [0.717, 1.165) is 12.1 Å². The molecule has 0 bridgehead atoms. The molecule has 0 radical (unpaired) electrons. The van der Waals surface area contributed by atoms with E-state index in [1.807, 2.05) is 0 Å². The maximum atomic E-state index is 13.3. The minimum Gasteiger partial charge on any atom is -0.478 e. The van der Waals surface area contributed by atoms with E-state index in [2.05, 4.69) is 0 Å². The molecule has 0 aliphatic heterocycles. The fraction of sp³-hybridized carbons (Fsp3) is 0.133. The zero-order valence-corrected chi connectivity index (χ0v) is 13.3. The van der Waals surface area contributed by atoms with E-state index in [4.69, 9.17) is 9.84 Å². The molecule has 0 saturated carbocycles. The standard InChI is InChI=1S/C15H10F4O5S/c1-8-4-9(16)6-10(5-8)24-13-3-2-11(7-12(13)14(20)21)25(22,23)15(17,18)19/h2-7H,1H3,(H,20,21). The highest BCUT2D eigenvalue weighted by atomic mass is 32.2. The first-order valence-corrected chi connectivity index (χ1v) is 8.04. The van der Waals surface area contributed by atoms with Crippen LogP contribution in [0.4, 0.5) is 17.6 Å². The molecule has 0 aromatic heterocycles. The Morgan fingerprint density at radius 2 is 1.76 bits per heavy atom. The largest absolute Gasteiger partial charge is 0.501 e. The summed E-state index contributed by atoms with van der Waals surface area (Å²) in [6.45, 7) is 1.55. The lowest BCUT2D eigenvalue weighted by molar-refractivity contribution is -0.0436. The molecular weight excluding hydrogens is 368 g/mol. The first-order valence-electron chi connectivity index (χ1n) is 6.55. The molecule has 2 aromatic carbocycles. The SMILES string of the molecule is Cc1cc(F)cc(Oc2ccc(S(=O)(=O)C(F)(F)F)cc2C(=O)O)c1. The first kappa shape index (κ1) is 18.7. The topological polar surface area (TPSA) is 80.7 Å². The molecule has 0 aliphatic carbocycles. The third kappa shape index (κ3) is 3.90. The second kappa shape index (κ2) is 6.36. The van der Waals surface area contributed by atoms with Gasteiger partial charge >= 0.3 is 11.5 Å². The second-order valence-electron chi connectivity index (χ2n) is 4.98. The van der Waals surface area contributed by atoms with Crippen molar-refractivity contribution in [3.05, 3.63) is 53.3 Å². The Bertz CT molecular complexity index is 915. The summed E-state index contributed by atoms with van der Waals surface area (Å²) >= 11 is 0. The Morgan fingerprint density at radius 3 is 2.28 bits per heavy atom. The molecule has 0 heterocycles. The van der Waals surface area contributed by atoms with Gasteiger partial charge < -0.3 is 9.84 Å². The van der Waals surface area contributed by atoms with E-state index in [9.17, 15) is 30.8 Å². The smallest absolute Gasteiger partial charge is 0.478 e. The van der Waals surface area contributed by atoms with Crippen molar-refractivity contribution >= 4 is 15.8 Å². The molecule has 0 fully saturated rings. The minimum atomic E-state index is -5.71. The van der Waals surface area contributed by atoms with Gasteiger partial charge in [0.2, 0.25) is 0 Å². The lowest BCUT2D eigenvalue weighted by atomic mass is 10.2. The van der Waals surface area contributed by atoms with Crippen LogP contribution in [-0.4, -0.2) is 25.0 Å². The Hall–Kier alpha value is -2.62. The number of aryl methyl sites for hydroxylation is 1. The van der Waals surface area contributed by atoms with Crippen molar-refractivity contribution in [1.82, 2.24) is 0 Å². The fourth-order valence-electron chi connectivity index (χ4n) is 1.95. The van der Waals surface area contributed by atoms with Crippen LogP contribution in [0.25, 0.3) is 0 Å². The molecule has 134 valence electrons. The molecule has 25 heavy (non-hydrogen) atoms. The molecule has 0 aliphatic rings. The van der Waals surface area contributed by atoms with Crippen molar-refractivity contribution < 1.29 is 40.6 Å². The highest BCUT2D eigenvalue weighted by Gasteiger charge is 2.47. The van der Waals surface area contributed by atoms with Crippen LogP contribution in [0.5, 0.6) is 11.5 Å². The number of hydrogen-bond acceptors (Lipinski definition) is 4. The summed E-state index contributed by atoms with van der Waals surface area (Å²) in [5.41, 5.74) is -5.93. The molecule has 0 amide bonds. The summed E-state index contributed by atoms with van der Waals surface area (Å²) in [6, 6.07) is 5.17. The molecule has 10 heteroatoms. The van der Waals surface area contributed by atoms with Crippen LogP contribution in [0.1, 0.15) is 15.9 Å². The third-order valence-corrected chi connectivity index (χ3v) is 4.52. The van der Waals surface area contributed by atoms with Crippen molar-refractivity contribution in [3.8, 4) is 11.5 Å². The molecule has 2 rings (SSSR count). The quantitative estimate of drug-likeness (QED) is 0.816. The maximum absolute atomic E-state index is 13.3. The summed E-state index contributed by atoms with van der Waals surface area (Å²) in [4.78, 5) is 10.0. The number of hydrogen-bond donors (Lipinski definition) is 1. The number of rotatable bonds is 4. The van der Waals surface area contributed by atoms with E-state index in [1.165, 1.54) is 12.1 Å². The van der Waals surface area contributed by atoms with Crippen LogP contribution < -0.4 is 4.74 Å². The van der Waals surface area contributed by atoms with Crippen molar-refractivity contribution in [2.45, 2.75) is 17.3 Å². The molecule has 5 nitrogen and oxygen atoms in total. The Labute approximate surface area is 139 Å². The van der Waals surface area contributed by atoms with Gasteiger partial charge in [0.25, 0.3) is 9.84 Å². The van der Waals surface area contributed by atoms with E-state index in [-0.39, 0.29) is 5.75 Å².